The number of pyridine rings is 1. The molecule has 2 aromatic rings. The Labute approximate surface area is 156 Å². The number of anilines is 1. The summed E-state index contributed by atoms with van der Waals surface area (Å²) in [4.78, 5) is 16.5. The number of nitrogens with one attached hydrogen (secondary N) is 1. The first-order valence-corrected chi connectivity index (χ1v) is 9.11. The van der Waals surface area contributed by atoms with Crippen molar-refractivity contribution in [1.29, 1.82) is 0 Å². The monoisotopic (exact) mass is 406 g/mol. The third-order valence-electron chi connectivity index (χ3n) is 3.43. The average Bonchev–Trinajstić information content (AvgIpc) is 2.57. The van der Waals surface area contributed by atoms with Gasteiger partial charge in [-0.3, -0.25) is 9.78 Å². The molecule has 2 rings (SSSR count). The first-order valence-electron chi connectivity index (χ1n) is 8.31. The van der Waals surface area contributed by atoms with Gasteiger partial charge in [-0.1, -0.05) is 13.8 Å². The van der Waals surface area contributed by atoms with Crippen LogP contribution in [0.5, 0.6) is 11.5 Å². The fourth-order valence-electron chi connectivity index (χ4n) is 2.14. The maximum Gasteiger partial charge on any atom is 0.255 e. The van der Waals surface area contributed by atoms with E-state index in [0.717, 1.165) is 6.42 Å². The van der Waals surface area contributed by atoms with Crippen molar-refractivity contribution in [2.75, 3.05) is 18.5 Å². The molecule has 1 amide bonds. The number of carbonyl (C=O) groups is 1. The highest BCUT2D eigenvalue weighted by molar-refractivity contribution is 9.10. The Morgan fingerprint density at radius 3 is 2.76 bits per heavy atom. The van der Waals surface area contributed by atoms with Crippen LogP contribution in [-0.2, 0) is 0 Å². The second-order valence-electron chi connectivity index (χ2n) is 5.95. The third-order valence-corrected chi connectivity index (χ3v) is 4.02. The molecule has 1 heterocycles. The van der Waals surface area contributed by atoms with Crippen LogP contribution in [0.2, 0.25) is 0 Å². The topological polar surface area (TPSA) is 60.5 Å². The summed E-state index contributed by atoms with van der Waals surface area (Å²) in [6.45, 7) is 7.27. The van der Waals surface area contributed by atoms with Gasteiger partial charge in [0, 0.05) is 11.8 Å². The summed E-state index contributed by atoms with van der Waals surface area (Å²) in [5.41, 5.74) is 1.12. The van der Waals surface area contributed by atoms with Gasteiger partial charge in [0.05, 0.1) is 29.6 Å². The van der Waals surface area contributed by atoms with E-state index in [9.17, 15) is 4.79 Å². The molecular formula is C19H23BrN2O3. The molecule has 25 heavy (non-hydrogen) atoms. The van der Waals surface area contributed by atoms with Crippen molar-refractivity contribution in [3.05, 3.63) is 46.7 Å². The molecule has 6 heteroatoms. The van der Waals surface area contributed by atoms with Gasteiger partial charge in [0.25, 0.3) is 5.91 Å². The summed E-state index contributed by atoms with van der Waals surface area (Å²) in [5.74, 6) is 1.50. The average molecular weight is 407 g/mol. The Hall–Kier alpha value is -2.08. The number of nitrogens with zero attached hydrogens (tertiary/aromatic N) is 1. The maximum atomic E-state index is 12.5. The predicted octanol–water partition coefficient (Wildman–Crippen LogP) is 4.92. The number of carbonyl (C=O) groups excluding carboxylic acids is 1. The summed E-state index contributed by atoms with van der Waals surface area (Å²) < 4.78 is 12.2. The van der Waals surface area contributed by atoms with Crippen LogP contribution in [-0.4, -0.2) is 24.1 Å². The number of hydrogen-bond donors (Lipinski definition) is 1. The van der Waals surface area contributed by atoms with E-state index in [4.69, 9.17) is 9.47 Å². The summed E-state index contributed by atoms with van der Waals surface area (Å²) in [6.07, 6.45) is 4.20. The molecular weight excluding hydrogens is 384 g/mol. The summed E-state index contributed by atoms with van der Waals surface area (Å²) in [6, 6.07) is 6.99. The Bertz CT molecular complexity index is 705. The van der Waals surface area contributed by atoms with Crippen molar-refractivity contribution in [1.82, 2.24) is 4.98 Å². The van der Waals surface area contributed by atoms with Crippen LogP contribution in [0.25, 0.3) is 0 Å². The lowest BCUT2D eigenvalue weighted by Crippen LogP contribution is -2.13. The van der Waals surface area contributed by atoms with Gasteiger partial charge >= 0.3 is 0 Å². The number of benzene rings is 1. The second kappa shape index (κ2) is 9.42. The molecule has 134 valence electrons. The Morgan fingerprint density at radius 1 is 1.32 bits per heavy atom. The summed E-state index contributed by atoms with van der Waals surface area (Å²) in [5, 5.41) is 2.81. The van der Waals surface area contributed by atoms with E-state index in [2.05, 4.69) is 40.1 Å². The highest BCUT2D eigenvalue weighted by Gasteiger charge is 2.16. The van der Waals surface area contributed by atoms with Gasteiger partial charge < -0.3 is 14.8 Å². The van der Waals surface area contributed by atoms with Gasteiger partial charge in [-0.15, -0.1) is 0 Å². The maximum absolute atomic E-state index is 12.5. The van der Waals surface area contributed by atoms with Gasteiger partial charge in [-0.25, -0.2) is 0 Å². The largest absolute Gasteiger partial charge is 0.490 e. The van der Waals surface area contributed by atoms with E-state index in [1.165, 1.54) is 0 Å². The molecule has 0 aliphatic rings. The molecule has 0 unspecified atom stereocenters. The third kappa shape index (κ3) is 5.74. The van der Waals surface area contributed by atoms with E-state index in [1.54, 1.807) is 36.7 Å². The zero-order chi connectivity index (χ0) is 18.2. The van der Waals surface area contributed by atoms with Crippen LogP contribution >= 0.6 is 15.9 Å². The van der Waals surface area contributed by atoms with Gasteiger partial charge in [-0.2, -0.15) is 0 Å². The van der Waals surface area contributed by atoms with E-state index in [0.29, 0.717) is 46.4 Å². The standard InChI is InChI=1S/C19H23BrN2O3/c1-4-24-17-11-14(19(23)22-15-6-5-8-21-12-15)10-16(20)18(17)25-9-7-13(2)3/h5-6,8,10-13H,4,7,9H2,1-3H3,(H,22,23). The van der Waals surface area contributed by atoms with Crippen molar-refractivity contribution in [3.63, 3.8) is 0 Å². The number of halogens is 1. The van der Waals surface area contributed by atoms with E-state index >= 15 is 0 Å². The number of ether oxygens (including phenoxy) is 2. The highest BCUT2D eigenvalue weighted by Crippen LogP contribution is 2.37. The van der Waals surface area contributed by atoms with Crippen molar-refractivity contribution in [3.8, 4) is 11.5 Å². The molecule has 1 aromatic heterocycles. The van der Waals surface area contributed by atoms with Crippen LogP contribution in [0.4, 0.5) is 5.69 Å². The van der Waals surface area contributed by atoms with Crippen LogP contribution in [0.15, 0.2) is 41.1 Å². The molecule has 0 radical (unpaired) electrons. The first-order chi connectivity index (χ1) is 12.0. The normalized spacial score (nSPS) is 10.6. The minimum atomic E-state index is -0.233. The first kappa shape index (κ1) is 19.2. The predicted molar refractivity (Wildman–Crippen MR) is 102 cm³/mol. The van der Waals surface area contributed by atoms with Crippen molar-refractivity contribution < 1.29 is 14.3 Å². The van der Waals surface area contributed by atoms with Crippen molar-refractivity contribution in [2.45, 2.75) is 27.2 Å². The number of rotatable bonds is 8. The van der Waals surface area contributed by atoms with Crippen molar-refractivity contribution in [2.24, 2.45) is 5.92 Å². The van der Waals surface area contributed by atoms with Crippen LogP contribution in [0, 0.1) is 5.92 Å². The van der Waals surface area contributed by atoms with Crippen LogP contribution in [0.1, 0.15) is 37.6 Å². The van der Waals surface area contributed by atoms with E-state index in [1.807, 2.05) is 6.92 Å². The van der Waals surface area contributed by atoms with Crippen molar-refractivity contribution >= 4 is 27.5 Å². The fraction of sp³-hybridized carbons (Fsp3) is 0.368. The molecule has 0 fully saturated rings. The highest BCUT2D eigenvalue weighted by atomic mass is 79.9. The van der Waals surface area contributed by atoms with E-state index < -0.39 is 0 Å². The molecule has 0 aliphatic heterocycles. The quantitative estimate of drug-likeness (QED) is 0.675. The lowest BCUT2D eigenvalue weighted by atomic mass is 10.1. The van der Waals surface area contributed by atoms with Crippen LogP contribution < -0.4 is 14.8 Å². The molecule has 0 bridgehead atoms. The smallest absolute Gasteiger partial charge is 0.255 e. The second-order valence-corrected chi connectivity index (χ2v) is 6.80. The lowest BCUT2D eigenvalue weighted by molar-refractivity contribution is 0.102. The minimum absolute atomic E-state index is 0.233. The molecule has 1 N–H and O–H groups in total. The van der Waals surface area contributed by atoms with Gasteiger partial charge in [0.2, 0.25) is 0 Å². The van der Waals surface area contributed by atoms with Gasteiger partial charge in [-0.05, 0) is 59.5 Å². The molecule has 1 aromatic carbocycles. The lowest BCUT2D eigenvalue weighted by Gasteiger charge is -2.16. The fourth-order valence-corrected chi connectivity index (χ4v) is 2.70. The zero-order valence-electron chi connectivity index (χ0n) is 14.7. The Balaban J connectivity index is 2.20. The molecule has 0 atom stereocenters. The van der Waals surface area contributed by atoms with Gasteiger partial charge in [0.15, 0.2) is 11.5 Å². The summed E-state index contributed by atoms with van der Waals surface area (Å²) >= 11 is 3.49. The molecule has 0 aliphatic carbocycles. The Morgan fingerprint density at radius 2 is 2.12 bits per heavy atom. The number of amides is 1. The van der Waals surface area contributed by atoms with E-state index in [-0.39, 0.29) is 5.91 Å². The number of hydrogen-bond acceptors (Lipinski definition) is 4. The number of aromatic nitrogens is 1. The molecule has 0 saturated carbocycles. The summed E-state index contributed by atoms with van der Waals surface area (Å²) in [7, 11) is 0. The minimum Gasteiger partial charge on any atom is -0.490 e. The zero-order valence-corrected chi connectivity index (χ0v) is 16.3. The van der Waals surface area contributed by atoms with Gasteiger partial charge in [0.1, 0.15) is 0 Å². The molecule has 5 nitrogen and oxygen atoms in total. The van der Waals surface area contributed by atoms with Crippen LogP contribution in [0.3, 0.4) is 0 Å². The molecule has 0 spiro atoms. The molecule has 0 saturated heterocycles. The Kier molecular flexibility index (Phi) is 7.25. The SMILES string of the molecule is CCOc1cc(C(=O)Nc2cccnc2)cc(Br)c1OCCC(C)C.